The second-order valence-corrected chi connectivity index (χ2v) is 25.0. The van der Waals surface area contributed by atoms with E-state index in [-0.39, 0.29) is 33.1 Å². The van der Waals surface area contributed by atoms with Gasteiger partial charge < -0.3 is 15.0 Å². The van der Waals surface area contributed by atoms with Gasteiger partial charge in [-0.05, 0) is 131 Å². The molecule has 0 radical (unpaired) electrons. The molecular weight excluding hydrogens is 983 g/mol. The van der Waals surface area contributed by atoms with Crippen LogP contribution in [-0.4, -0.2) is 99.1 Å². The van der Waals surface area contributed by atoms with E-state index in [4.69, 9.17) is 4.74 Å². The average molecular weight is 1050 g/mol. The Balaban J connectivity index is 1.40. The van der Waals surface area contributed by atoms with Gasteiger partial charge in [-0.1, -0.05) is 32.1 Å². The molecule has 21 heteroatoms. The van der Waals surface area contributed by atoms with Gasteiger partial charge >= 0.3 is 0 Å². The number of ether oxygens (including phenoxy) is 1. The lowest BCUT2D eigenvalue weighted by Crippen LogP contribution is -2.29. The quantitative estimate of drug-likeness (QED) is 0.0409. The Bertz CT molecular complexity index is 3130. The smallest absolute Gasteiger partial charge is 0.294 e. The molecule has 1 amide bonds. The highest BCUT2D eigenvalue weighted by Crippen LogP contribution is 2.49. The maximum absolute atomic E-state index is 12.3. The number of rotatable bonds is 20. The number of hydrogen-bond acceptors (Lipinski definition) is 11. The van der Waals surface area contributed by atoms with Crippen LogP contribution in [0.3, 0.4) is 0 Å². The van der Waals surface area contributed by atoms with Crippen LogP contribution < -0.4 is 15.0 Å². The van der Waals surface area contributed by atoms with Gasteiger partial charge in [0.2, 0.25) is 11.6 Å². The number of amides is 1. The van der Waals surface area contributed by atoms with Crippen molar-refractivity contribution in [2.75, 3.05) is 23.7 Å². The first-order valence-corrected chi connectivity index (χ1v) is 28.8. The van der Waals surface area contributed by atoms with Gasteiger partial charge in [-0.15, -0.1) is 0 Å². The molecule has 0 spiro atoms. The summed E-state index contributed by atoms with van der Waals surface area (Å²) in [6.07, 6.45) is 13.1. The Morgan fingerprint density at radius 1 is 0.743 bits per heavy atom. The van der Waals surface area contributed by atoms with Crippen LogP contribution >= 0.6 is 0 Å². The predicted octanol–water partition coefficient (Wildman–Crippen LogP) is 7.89. The molecule has 0 aromatic heterocycles. The van der Waals surface area contributed by atoms with Crippen LogP contribution in [0.4, 0.5) is 11.4 Å². The van der Waals surface area contributed by atoms with Crippen molar-refractivity contribution in [3.8, 4) is 5.75 Å². The van der Waals surface area contributed by atoms with E-state index in [9.17, 15) is 56.7 Å². The molecule has 6 rings (SSSR count). The fourth-order valence-corrected chi connectivity index (χ4v) is 11.4. The van der Waals surface area contributed by atoms with E-state index in [0.29, 0.717) is 74.2 Å². The standard InChI is InChI=1S/C49H61N3O14S4/c1-33(2)50-47(53)12-8-7-9-25-51-43-21-19-39(69(60,61)62)31-41(43)48(3,4)45(51)23-13-34-28-35(30-37(29-34)66-36-15-17-38(18-16-36)68(57,58)59)14-24-46-49(5,6)42-32-40(70(63,64)65)20-22-44(42)52(46)26-10-11-27-67(54,55)56/h13-24,28,31-33,37H,7-12,25-27,29-30H2,1-6H3,(H4-,50,53,54,55,56,57,58,59,60,61,62,63,64,65)/p+1. The largest absolute Gasteiger partial charge is 0.490 e. The highest BCUT2D eigenvalue weighted by Gasteiger charge is 2.45. The summed E-state index contributed by atoms with van der Waals surface area (Å²) in [7, 11) is -17.7. The summed E-state index contributed by atoms with van der Waals surface area (Å²) >= 11 is 0. The summed E-state index contributed by atoms with van der Waals surface area (Å²) in [5.74, 6) is -0.105. The third kappa shape index (κ3) is 13.3. The first-order chi connectivity index (χ1) is 32.4. The second-order valence-electron chi connectivity index (χ2n) is 19.2. The first kappa shape index (κ1) is 54.3. The Kier molecular flexibility index (Phi) is 16.3. The lowest BCUT2D eigenvalue weighted by atomic mass is 9.81. The van der Waals surface area contributed by atoms with E-state index in [0.717, 1.165) is 34.7 Å². The van der Waals surface area contributed by atoms with Crippen molar-refractivity contribution in [1.29, 1.82) is 0 Å². The molecule has 0 saturated carbocycles. The van der Waals surface area contributed by atoms with Gasteiger partial charge in [-0.25, -0.2) is 0 Å². The molecule has 2 aliphatic heterocycles. The van der Waals surface area contributed by atoms with Crippen LogP contribution in [0.15, 0.2) is 123 Å². The Morgan fingerprint density at radius 2 is 1.36 bits per heavy atom. The van der Waals surface area contributed by atoms with E-state index in [1.807, 2.05) is 76.8 Å². The molecule has 380 valence electrons. The number of fused-ring (bicyclic) bond motifs is 2. The molecule has 1 unspecified atom stereocenters. The van der Waals surface area contributed by atoms with Gasteiger partial charge in [0.25, 0.3) is 40.5 Å². The van der Waals surface area contributed by atoms with E-state index < -0.39 is 63.2 Å². The van der Waals surface area contributed by atoms with Gasteiger partial charge in [0.05, 0.1) is 25.9 Å². The van der Waals surface area contributed by atoms with Crippen LogP contribution in [0.5, 0.6) is 5.75 Å². The number of allylic oxidation sites excluding steroid dienone is 6. The third-order valence-electron chi connectivity index (χ3n) is 12.7. The van der Waals surface area contributed by atoms with Crippen molar-refractivity contribution in [1.82, 2.24) is 5.32 Å². The monoisotopic (exact) mass is 1040 g/mol. The van der Waals surface area contributed by atoms with Gasteiger partial charge in [0.1, 0.15) is 18.4 Å². The molecule has 3 aromatic rings. The SMILES string of the molecule is CC(C)NC(=O)CCCCC[N+]1=C(/C=C/C2=CC(=C/C=C3\N(CCCCS(=O)(=O)O)c4ccc(S(=O)(=O)O)cc4C3(C)C)/CC(Oc3ccc(S(=O)(=O)O)cc3)C2)C(C)(C)c2cc(S(=O)(=O)O)ccc21. The van der Waals surface area contributed by atoms with Crippen molar-refractivity contribution in [3.63, 3.8) is 0 Å². The normalized spacial score (nSPS) is 19.3. The molecule has 1 aliphatic carbocycles. The number of hydrogen-bond donors (Lipinski definition) is 5. The fourth-order valence-electron chi connectivity index (χ4n) is 9.32. The minimum Gasteiger partial charge on any atom is -0.490 e. The highest BCUT2D eigenvalue weighted by molar-refractivity contribution is 7.86. The average Bonchev–Trinajstić information content (AvgIpc) is 3.59. The maximum Gasteiger partial charge on any atom is 0.294 e. The lowest BCUT2D eigenvalue weighted by molar-refractivity contribution is -0.438. The lowest BCUT2D eigenvalue weighted by Gasteiger charge is -2.28. The molecule has 5 N–H and O–H groups in total. The van der Waals surface area contributed by atoms with Crippen molar-refractivity contribution in [3.05, 3.63) is 119 Å². The molecule has 0 saturated heterocycles. The van der Waals surface area contributed by atoms with E-state index in [2.05, 4.69) is 9.89 Å². The number of carbonyl (C=O) groups excluding carboxylic acids is 1. The maximum atomic E-state index is 12.3. The zero-order valence-corrected chi connectivity index (χ0v) is 43.3. The van der Waals surface area contributed by atoms with Crippen LogP contribution in [0.25, 0.3) is 0 Å². The summed E-state index contributed by atoms with van der Waals surface area (Å²) < 4.78 is 143. The minimum atomic E-state index is -4.55. The molecule has 1 atom stereocenters. The zero-order valence-electron chi connectivity index (χ0n) is 40.0. The summed E-state index contributed by atoms with van der Waals surface area (Å²) in [4.78, 5) is 13.5. The molecular formula is C49H62N3O14S4+. The van der Waals surface area contributed by atoms with Crippen molar-refractivity contribution in [2.45, 2.75) is 131 Å². The fraction of sp³-hybridized carbons (Fsp3) is 0.429. The summed E-state index contributed by atoms with van der Waals surface area (Å²) in [6, 6.07) is 14.3. The molecule has 0 fully saturated rings. The van der Waals surface area contributed by atoms with Crippen LogP contribution in [-0.2, 0) is 56.1 Å². The van der Waals surface area contributed by atoms with Crippen LogP contribution in [0.1, 0.15) is 104 Å². The Labute approximate surface area is 411 Å². The van der Waals surface area contributed by atoms with Gasteiger partial charge in [-0.2, -0.15) is 38.2 Å². The first-order valence-electron chi connectivity index (χ1n) is 22.9. The number of anilines is 1. The molecule has 70 heavy (non-hydrogen) atoms. The molecule has 3 aliphatic rings. The molecule has 3 aromatic carbocycles. The molecule has 17 nitrogen and oxygen atoms in total. The van der Waals surface area contributed by atoms with Crippen molar-refractivity contribution in [2.24, 2.45) is 0 Å². The van der Waals surface area contributed by atoms with Crippen LogP contribution in [0.2, 0.25) is 0 Å². The van der Waals surface area contributed by atoms with Crippen molar-refractivity contribution >= 4 is 63.5 Å². The molecule has 2 heterocycles. The number of nitrogens with zero attached hydrogens (tertiary/aromatic N) is 2. The van der Waals surface area contributed by atoms with E-state index >= 15 is 0 Å². The number of carbonyl (C=O) groups is 1. The minimum absolute atomic E-state index is 0.0178. The highest BCUT2D eigenvalue weighted by atomic mass is 32.2. The zero-order chi connectivity index (χ0) is 51.6. The summed E-state index contributed by atoms with van der Waals surface area (Å²) in [5.41, 5.74) is 4.42. The Hall–Kier alpha value is -5.00. The third-order valence-corrected chi connectivity index (χ3v) is 16.1. The predicted molar refractivity (Wildman–Crippen MR) is 266 cm³/mol. The van der Waals surface area contributed by atoms with Crippen molar-refractivity contribution < 1.29 is 66.0 Å². The van der Waals surface area contributed by atoms with Crippen LogP contribution in [0, 0.1) is 0 Å². The van der Waals surface area contributed by atoms with E-state index in [1.165, 1.54) is 48.5 Å². The summed E-state index contributed by atoms with van der Waals surface area (Å²) in [6.45, 7) is 12.4. The number of unbranched alkanes of at least 4 members (excludes halogenated alkanes) is 3. The topological polar surface area (TPSA) is 262 Å². The van der Waals surface area contributed by atoms with Gasteiger partial charge in [0.15, 0.2) is 5.71 Å². The molecule has 0 bridgehead atoms. The van der Waals surface area contributed by atoms with Gasteiger partial charge in [-0.3, -0.25) is 23.0 Å². The van der Waals surface area contributed by atoms with Gasteiger partial charge in [0, 0.05) is 72.8 Å². The second kappa shape index (κ2) is 21.0. The summed E-state index contributed by atoms with van der Waals surface area (Å²) in [5, 5.41) is 2.91. The number of nitrogens with one attached hydrogen (secondary N) is 1. The Morgan fingerprint density at radius 3 is 1.97 bits per heavy atom. The van der Waals surface area contributed by atoms with E-state index in [1.54, 1.807) is 12.1 Å². The number of benzene rings is 3.